The fourth-order valence-electron chi connectivity index (χ4n) is 3.58. The molecule has 1 rings (SSSR count). The lowest BCUT2D eigenvalue weighted by Gasteiger charge is -2.27. The molecule has 0 bridgehead atoms. The van der Waals surface area contributed by atoms with E-state index in [1.54, 1.807) is 44.2 Å². The van der Waals surface area contributed by atoms with Crippen molar-refractivity contribution in [1.82, 2.24) is 16.0 Å². The van der Waals surface area contributed by atoms with Crippen LogP contribution in [-0.4, -0.2) is 76.5 Å². The highest BCUT2D eigenvalue weighted by molar-refractivity contribution is 5.95. The molecule has 14 nitrogen and oxygen atoms in total. The Morgan fingerprint density at radius 3 is 2.08 bits per heavy atom. The van der Waals surface area contributed by atoms with E-state index in [-0.39, 0.29) is 25.3 Å². The van der Waals surface area contributed by atoms with Gasteiger partial charge in [0.1, 0.15) is 18.1 Å². The smallest absolute Gasteiger partial charge is 0.326 e. The fraction of sp³-hybridized carbons (Fsp3) is 0.520. The van der Waals surface area contributed by atoms with Crippen molar-refractivity contribution in [1.29, 1.82) is 0 Å². The molecule has 0 spiro atoms. The summed E-state index contributed by atoms with van der Waals surface area (Å²) >= 11 is 0. The first kappa shape index (κ1) is 32.8. The van der Waals surface area contributed by atoms with Gasteiger partial charge in [-0.15, -0.1) is 0 Å². The zero-order chi connectivity index (χ0) is 29.5. The number of hydrogen-bond acceptors (Lipinski definition) is 7. The van der Waals surface area contributed by atoms with Crippen LogP contribution in [0.15, 0.2) is 35.3 Å². The third kappa shape index (κ3) is 12.3. The molecule has 0 saturated carbocycles. The van der Waals surface area contributed by atoms with E-state index in [1.165, 1.54) is 0 Å². The molecule has 1 aromatic rings. The van der Waals surface area contributed by atoms with Crippen molar-refractivity contribution in [3.63, 3.8) is 0 Å². The van der Waals surface area contributed by atoms with Gasteiger partial charge >= 0.3 is 11.9 Å². The van der Waals surface area contributed by atoms with Crippen molar-refractivity contribution in [2.45, 2.75) is 70.1 Å². The number of aliphatic carboxylic acids is 2. The molecule has 14 heteroatoms. The number of benzene rings is 1. The Labute approximate surface area is 226 Å². The second-order valence-corrected chi connectivity index (χ2v) is 9.18. The summed E-state index contributed by atoms with van der Waals surface area (Å²) in [6.45, 7) is 3.68. The van der Waals surface area contributed by atoms with E-state index in [4.69, 9.17) is 17.2 Å². The zero-order valence-electron chi connectivity index (χ0n) is 22.1. The van der Waals surface area contributed by atoms with Gasteiger partial charge in [0.25, 0.3) is 0 Å². The minimum atomic E-state index is -1.53. The molecule has 0 fully saturated rings. The molecule has 3 amide bonds. The third-order valence-corrected chi connectivity index (χ3v) is 6.01. The molecule has 1 aromatic carbocycles. The maximum absolute atomic E-state index is 13.1. The van der Waals surface area contributed by atoms with Crippen molar-refractivity contribution in [2.75, 3.05) is 6.54 Å². The summed E-state index contributed by atoms with van der Waals surface area (Å²) in [5.74, 6) is -5.62. The van der Waals surface area contributed by atoms with Crippen LogP contribution in [0.1, 0.15) is 45.1 Å². The molecule has 0 aliphatic heterocycles. The standard InChI is InChI=1S/C25H39N7O7/c1-3-14(2)20(23(37)31-18(24(38)39)12-15-8-5-4-6-9-15)32-22(36)17(13-19(33)34)30-21(35)16(26)10-7-11-29-25(27)28/h4-6,8-9,14,16-18,20H,3,7,10-13,26H2,1-2H3,(H,30,35)(H,31,37)(H,32,36)(H,33,34)(H,38,39)(H4,27,28,29). The van der Waals surface area contributed by atoms with E-state index < -0.39 is 66.2 Å². The van der Waals surface area contributed by atoms with Crippen molar-refractivity contribution in [3.05, 3.63) is 35.9 Å². The lowest BCUT2D eigenvalue weighted by atomic mass is 9.96. The maximum Gasteiger partial charge on any atom is 0.326 e. The Bertz CT molecular complexity index is 1020. The molecular weight excluding hydrogens is 510 g/mol. The second-order valence-electron chi connectivity index (χ2n) is 9.18. The fourth-order valence-corrected chi connectivity index (χ4v) is 3.58. The SMILES string of the molecule is CCC(C)C(NC(=O)C(CC(=O)O)NC(=O)C(N)CCCN=C(N)N)C(=O)NC(Cc1ccccc1)C(=O)O. The Morgan fingerprint density at radius 1 is 0.923 bits per heavy atom. The highest BCUT2D eigenvalue weighted by Crippen LogP contribution is 2.11. The molecule has 0 saturated heterocycles. The van der Waals surface area contributed by atoms with Gasteiger partial charge < -0.3 is 43.4 Å². The highest BCUT2D eigenvalue weighted by atomic mass is 16.4. The summed E-state index contributed by atoms with van der Waals surface area (Å²) in [4.78, 5) is 65.7. The van der Waals surface area contributed by atoms with E-state index in [1.807, 2.05) is 0 Å². The Morgan fingerprint density at radius 2 is 1.54 bits per heavy atom. The minimum Gasteiger partial charge on any atom is -0.481 e. The molecule has 216 valence electrons. The summed E-state index contributed by atoms with van der Waals surface area (Å²) < 4.78 is 0. The number of hydrogen-bond donors (Lipinski definition) is 8. The number of carboxylic acid groups (broad SMARTS) is 2. The molecule has 5 atom stereocenters. The average Bonchev–Trinajstić information content (AvgIpc) is 2.88. The van der Waals surface area contributed by atoms with E-state index in [9.17, 15) is 34.2 Å². The number of guanidine groups is 1. The molecule has 0 aromatic heterocycles. The molecule has 5 unspecified atom stereocenters. The number of carbonyl (C=O) groups excluding carboxylic acids is 3. The Kier molecular flexibility index (Phi) is 14.0. The quantitative estimate of drug-likeness (QED) is 0.0645. The number of nitrogens with zero attached hydrogens (tertiary/aromatic N) is 1. The zero-order valence-corrected chi connectivity index (χ0v) is 22.1. The average molecular weight is 550 g/mol. The number of carboxylic acids is 2. The maximum atomic E-state index is 13.1. The van der Waals surface area contributed by atoms with Crippen LogP contribution in [-0.2, 0) is 30.4 Å². The number of rotatable bonds is 17. The van der Waals surface area contributed by atoms with Crippen LogP contribution in [0, 0.1) is 5.92 Å². The van der Waals surface area contributed by atoms with Gasteiger partial charge in [-0.05, 0) is 24.3 Å². The Balaban J connectivity index is 2.96. The van der Waals surface area contributed by atoms with Gasteiger partial charge in [-0.25, -0.2) is 4.79 Å². The lowest BCUT2D eigenvalue weighted by Crippen LogP contribution is -2.59. The minimum absolute atomic E-state index is 0.0157. The van der Waals surface area contributed by atoms with Gasteiger partial charge in [0.05, 0.1) is 12.5 Å². The molecule has 11 N–H and O–H groups in total. The number of nitrogens with one attached hydrogen (secondary N) is 3. The second kappa shape index (κ2) is 16.6. The van der Waals surface area contributed by atoms with Crippen LogP contribution in [0.25, 0.3) is 0 Å². The van der Waals surface area contributed by atoms with Crippen molar-refractivity contribution in [2.24, 2.45) is 28.1 Å². The van der Waals surface area contributed by atoms with E-state index in [0.29, 0.717) is 18.4 Å². The third-order valence-electron chi connectivity index (χ3n) is 6.01. The predicted molar refractivity (Wildman–Crippen MR) is 143 cm³/mol. The molecule has 0 aliphatic carbocycles. The first-order valence-electron chi connectivity index (χ1n) is 12.6. The topological polar surface area (TPSA) is 252 Å². The van der Waals surface area contributed by atoms with Gasteiger partial charge in [0.2, 0.25) is 17.7 Å². The van der Waals surface area contributed by atoms with Crippen LogP contribution in [0.4, 0.5) is 0 Å². The van der Waals surface area contributed by atoms with E-state index in [2.05, 4.69) is 20.9 Å². The molecule has 0 radical (unpaired) electrons. The number of amides is 3. The van der Waals surface area contributed by atoms with Gasteiger partial charge in [0.15, 0.2) is 5.96 Å². The highest BCUT2D eigenvalue weighted by Gasteiger charge is 2.33. The summed E-state index contributed by atoms with van der Waals surface area (Å²) in [6, 6.07) is 3.65. The van der Waals surface area contributed by atoms with Crippen molar-refractivity contribution >= 4 is 35.6 Å². The first-order valence-corrected chi connectivity index (χ1v) is 12.6. The summed E-state index contributed by atoms with van der Waals surface area (Å²) in [7, 11) is 0. The van der Waals surface area contributed by atoms with Gasteiger partial charge in [0, 0.05) is 13.0 Å². The van der Waals surface area contributed by atoms with Crippen LogP contribution >= 0.6 is 0 Å². The summed E-state index contributed by atoms with van der Waals surface area (Å²) in [6.07, 6.45) is 0.221. The van der Waals surface area contributed by atoms with E-state index >= 15 is 0 Å². The van der Waals surface area contributed by atoms with Gasteiger partial charge in [-0.1, -0.05) is 50.6 Å². The number of carbonyl (C=O) groups is 5. The monoisotopic (exact) mass is 549 g/mol. The molecular formula is C25H39N7O7. The largest absolute Gasteiger partial charge is 0.481 e. The van der Waals surface area contributed by atoms with Crippen LogP contribution < -0.4 is 33.2 Å². The Hall–Kier alpha value is -4.20. The van der Waals surface area contributed by atoms with Gasteiger partial charge in [-0.3, -0.25) is 24.2 Å². The van der Waals surface area contributed by atoms with Crippen LogP contribution in [0.5, 0.6) is 0 Å². The number of nitrogens with two attached hydrogens (primary N) is 3. The lowest BCUT2D eigenvalue weighted by molar-refractivity contribution is -0.143. The van der Waals surface area contributed by atoms with E-state index in [0.717, 1.165) is 0 Å². The predicted octanol–water partition coefficient (Wildman–Crippen LogP) is -1.33. The van der Waals surface area contributed by atoms with Crippen LogP contribution in [0.3, 0.4) is 0 Å². The van der Waals surface area contributed by atoms with Crippen molar-refractivity contribution in [3.8, 4) is 0 Å². The normalized spacial score (nSPS) is 14.5. The van der Waals surface area contributed by atoms with Gasteiger partial charge in [-0.2, -0.15) is 0 Å². The molecule has 39 heavy (non-hydrogen) atoms. The summed E-state index contributed by atoms with van der Waals surface area (Å²) in [5.41, 5.74) is 17.0. The van der Waals surface area contributed by atoms with Crippen LogP contribution in [0.2, 0.25) is 0 Å². The first-order chi connectivity index (χ1) is 18.3. The molecule has 0 aliphatic rings. The van der Waals surface area contributed by atoms with Crippen molar-refractivity contribution < 1.29 is 34.2 Å². The number of aliphatic imine (C=N–C) groups is 1. The summed E-state index contributed by atoms with van der Waals surface area (Å²) in [5, 5.41) is 26.2. The molecule has 0 heterocycles.